The second kappa shape index (κ2) is 4.78. The highest BCUT2D eigenvalue weighted by atomic mass is 35.5. The van der Waals surface area contributed by atoms with E-state index in [1.54, 1.807) is 0 Å². The molecule has 19 heavy (non-hydrogen) atoms. The molecule has 0 saturated heterocycles. The number of halogens is 1. The molecule has 1 heterocycles. The molecule has 1 aliphatic rings. The minimum Gasteiger partial charge on any atom is -0.473 e. The summed E-state index contributed by atoms with van der Waals surface area (Å²) in [6.07, 6.45) is 0. The fourth-order valence-electron chi connectivity index (χ4n) is 2.44. The van der Waals surface area contributed by atoms with Crippen molar-refractivity contribution in [1.82, 2.24) is 0 Å². The number of nitrogens with zero attached hydrogens (tertiary/aromatic N) is 1. The van der Waals surface area contributed by atoms with Crippen LogP contribution >= 0.6 is 11.6 Å². The van der Waals surface area contributed by atoms with Gasteiger partial charge in [0.25, 0.3) is 0 Å². The molecule has 2 aromatic carbocycles. The van der Waals surface area contributed by atoms with Crippen molar-refractivity contribution in [2.75, 3.05) is 11.6 Å². The molecule has 1 aliphatic heterocycles. The predicted molar refractivity (Wildman–Crippen MR) is 79.0 cm³/mol. The summed E-state index contributed by atoms with van der Waals surface area (Å²) in [6.45, 7) is 5.70. The highest BCUT2D eigenvalue weighted by Crippen LogP contribution is 2.32. The lowest BCUT2D eigenvalue weighted by Crippen LogP contribution is -2.32. The molecule has 0 amide bonds. The van der Waals surface area contributed by atoms with Crippen LogP contribution in [0.2, 0.25) is 5.02 Å². The van der Waals surface area contributed by atoms with Gasteiger partial charge in [-0.25, -0.2) is 0 Å². The summed E-state index contributed by atoms with van der Waals surface area (Å²) in [6, 6.07) is 12.2. The summed E-state index contributed by atoms with van der Waals surface area (Å²) >= 11 is 6.05. The van der Waals surface area contributed by atoms with E-state index in [-0.39, 0.29) is 0 Å². The van der Waals surface area contributed by atoms with Gasteiger partial charge in [-0.05, 0) is 49.2 Å². The zero-order valence-corrected chi connectivity index (χ0v) is 11.9. The Morgan fingerprint density at radius 1 is 1.16 bits per heavy atom. The van der Waals surface area contributed by atoms with Crippen molar-refractivity contribution in [3.63, 3.8) is 0 Å². The molecule has 98 valence electrons. The van der Waals surface area contributed by atoms with E-state index in [9.17, 15) is 0 Å². The molecule has 0 N–H and O–H groups in total. The van der Waals surface area contributed by atoms with Crippen LogP contribution in [0.15, 0.2) is 36.4 Å². The van der Waals surface area contributed by atoms with Crippen molar-refractivity contribution in [1.29, 1.82) is 0 Å². The Balaban J connectivity index is 1.95. The van der Waals surface area contributed by atoms with E-state index in [1.165, 1.54) is 16.8 Å². The van der Waals surface area contributed by atoms with Gasteiger partial charge in [-0.3, -0.25) is 0 Å². The Morgan fingerprint density at radius 2 is 2.00 bits per heavy atom. The Bertz CT molecular complexity index is 624. The van der Waals surface area contributed by atoms with Crippen LogP contribution in [0.1, 0.15) is 16.7 Å². The first-order chi connectivity index (χ1) is 9.15. The Kier molecular flexibility index (Phi) is 3.11. The van der Waals surface area contributed by atoms with Crippen LogP contribution in [0.5, 0.6) is 5.75 Å². The fraction of sp³-hybridized carbons (Fsp3) is 0.250. The van der Waals surface area contributed by atoms with E-state index >= 15 is 0 Å². The fourth-order valence-corrected chi connectivity index (χ4v) is 2.64. The van der Waals surface area contributed by atoms with Gasteiger partial charge in [0.2, 0.25) is 0 Å². The molecule has 0 atom stereocenters. The molecule has 0 spiro atoms. The van der Waals surface area contributed by atoms with Crippen LogP contribution in [0, 0.1) is 13.8 Å². The van der Waals surface area contributed by atoms with Gasteiger partial charge in [0.1, 0.15) is 5.75 Å². The molecule has 2 aromatic rings. The highest BCUT2D eigenvalue weighted by Gasteiger charge is 2.19. The molecular weight excluding hydrogens is 258 g/mol. The summed E-state index contributed by atoms with van der Waals surface area (Å²) in [5.41, 5.74) is 4.97. The quantitative estimate of drug-likeness (QED) is 0.767. The van der Waals surface area contributed by atoms with Gasteiger partial charge in [0, 0.05) is 22.8 Å². The van der Waals surface area contributed by atoms with Gasteiger partial charge in [-0.2, -0.15) is 0 Å². The number of ether oxygens (including phenoxy) is 1. The van der Waals surface area contributed by atoms with E-state index < -0.39 is 0 Å². The van der Waals surface area contributed by atoms with Crippen LogP contribution in [-0.2, 0) is 6.54 Å². The van der Waals surface area contributed by atoms with Crippen molar-refractivity contribution in [3.05, 3.63) is 58.1 Å². The molecule has 0 fully saturated rings. The first-order valence-corrected chi connectivity index (χ1v) is 6.75. The van der Waals surface area contributed by atoms with E-state index in [1.807, 2.05) is 18.2 Å². The van der Waals surface area contributed by atoms with Crippen molar-refractivity contribution < 1.29 is 4.74 Å². The van der Waals surface area contributed by atoms with Crippen LogP contribution in [0.4, 0.5) is 5.69 Å². The zero-order valence-electron chi connectivity index (χ0n) is 11.1. The van der Waals surface area contributed by atoms with Crippen molar-refractivity contribution >= 4 is 17.3 Å². The van der Waals surface area contributed by atoms with E-state index in [4.69, 9.17) is 16.3 Å². The molecule has 0 unspecified atom stereocenters. The summed E-state index contributed by atoms with van der Waals surface area (Å²) in [5.74, 6) is 0.936. The first-order valence-electron chi connectivity index (χ1n) is 6.37. The SMILES string of the molecule is Cc1cccc(N2COc3ccc(Cl)cc3C2)c1C. The van der Waals surface area contributed by atoms with Crippen molar-refractivity contribution in [2.45, 2.75) is 20.4 Å². The average molecular weight is 274 g/mol. The second-order valence-electron chi connectivity index (χ2n) is 4.94. The number of fused-ring (bicyclic) bond motifs is 1. The summed E-state index contributed by atoms with van der Waals surface area (Å²) in [7, 11) is 0. The van der Waals surface area contributed by atoms with Crippen molar-refractivity contribution in [2.24, 2.45) is 0 Å². The van der Waals surface area contributed by atoms with Crippen LogP contribution in [-0.4, -0.2) is 6.73 Å². The Morgan fingerprint density at radius 3 is 2.84 bits per heavy atom. The Labute approximate surface area is 118 Å². The third kappa shape index (κ3) is 2.28. The van der Waals surface area contributed by atoms with E-state index in [0.717, 1.165) is 22.9 Å². The lowest BCUT2D eigenvalue weighted by Gasteiger charge is -2.32. The largest absolute Gasteiger partial charge is 0.473 e. The van der Waals surface area contributed by atoms with Crippen LogP contribution < -0.4 is 9.64 Å². The normalized spacial score (nSPS) is 13.9. The third-order valence-corrected chi connectivity index (χ3v) is 3.91. The summed E-state index contributed by atoms with van der Waals surface area (Å²) in [4.78, 5) is 2.24. The number of hydrogen-bond acceptors (Lipinski definition) is 2. The zero-order chi connectivity index (χ0) is 13.4. The monoisotopic (exact) mass is 273 g/mol. The molecule has 3 rings (SSSR count). The minimum atomic E-state index is 0.582. The summed E-state index contributed by atoms with van der Waals surface area (Å²) < 4.78 is 5.81. The van der Waals surface area contributed by atoms with Gasteiger partial charge in [0.15, 0.2) is 6.73 Å². The first kappa shape index (κ1) is 12.4. The lowest BCUT2D eigenvalue weighted by molar-refractivity contribution is 0.289. The molecular formula is C16H16ClNO. The van der Waals surface area contributed by atoms with Crippen LogP contribution in [0.25, 0.3) is 0 Å². The molecule has 0 aliphatic carbocycles. The standard InChI is InChI=1S/C16H16ClNO/c1-11-4-3-5-15(12(11)2)18-9-13-8-14(17)6-7-16(13)19-10-18/h3-8H,9-10H2,1-2H3. The number of anilines is 1. The third-order valence-electron chi connectivity index (χ3n) is 3.68. The lowest BCUT2D eigenvalue weighted by atomic mass is 10.1. The topological polar surface area (TPSA) is 12.5 Å². The van der Waals surface area contributed by atoms with Gasteiger partial charge in [-0.1, -0.05) is 23.7 Å². The molecule has 0 saturated carbocycles. The maximum absolute atomic E-state index is 6.05. The smallest absolute Gasteiger partial charge is 0.161 e. The number of aryl methyl sites for hydroxylation is 1. The van der Waals surface area contributed by atoms with Gasteiger partial charge in [-0.15, -0.1) is 0 Å². The molecule has 0 radical (unpaired) electrons. The minimum absolute atomic E-state index is 0.582. The van der Waals surface area contributed by atoms with E-state index in [0.29, 0.717) is 6.73 Å². The number of benzene rings is 2. The average Bonchev–Trinajstić information content (AvgIpc) is 2.41. The summed E-state index contributed by atoms with van der Waals surface area (Å²) in [5, 5.41) is 0.755. The highest BCUT2D eigenvalue weighted by molar-refractivity contribution is 6.30. The molecule has 0 bridgehead atoms. The molecule has 0 aromatic heterocycles. The number of rotatable bonds is 1. The van der Waals surface area contributed by atoms with Gasteiger partial charge >= 0.3 is 0 Å². The maximum atomic E-state index is 6.05. The second-order valence-corrected chi connectivity index (χ2v) is 5.38. The molecule has 2 nitrogen and oxygen atoms in total. The van der Waals surface area contributed by atoms with Crippen molar-refractivity contribution in [3.8, 4) is 5.75 Å². The Hall–Kier alpha value is -1.67. The maximum Gasteiger partial charge on any atom is 0.161 e. The van der Waals surface area contributed by atoms with E-state index in [2.05, 4.69) is 36.9 Å². The van der Waals surface area contributed by atoms with Crippen LogP contribution in [0.3, 0.4) is 0 Å². The number of hydrogen-bond donors (Lipinski definition) is 0. The predicted octanol–water partition coefficient (Wildman–Crippen LogP) is 4.31. The van der Waals surface area contributed by atoms with Gasteiger partial charge < -0.3 is 9.64 Å². The van der Waals surface area contributed by atoms with Gasteiger partial charge in [0.05, 0.1) is 0 Å². The molecule has 3 heteroatoms.